The van der Waals surface area contributed by atoms with E-state index in [9.17, 15) is 8.42 Å². The summed E-state index contributed by atoms with van der Waals surface area (Å²) in [6, 6.07) is 5.40. The molecule has 0 bridgehead atoms. The van der Waals surface area contributed by atoms with Gasteiger partial charge in [0.15, 0.2) is 0 Å². The highest BCUT2D eigenvalue weighted by Crippen LogP contribution is 2.28. The fourth-order valence-corrected chi connectivity index (χ4v) is 3.32. The van der Waals surface area contributed by atoms with E-state index in [4.69, 9.17) is 11.6 Å². The fraction of sp³-hybridized carbons (Fsp3) is 0.235. The Bertz CT molecular complexity index is 1030. The normalized spacial score (nSPS) is 11.5. The molecule has 136 valence electrons. The van der Waals surface area contributed by atoms with Crippen molar-refractivity contribution in [2.75, 3.05) is 11.0 Å². The second-order valence-electron chi connectivity index (χ2n) is 5.86. The minimum absolute atomic E-state index is 0.312. The van der Waals surface area contributed by atoms with E-state index < -0.39 is 10.0 Å². The topological polar surface area (TPSA) is 89.8 Å². The third-order valence-corrected chi connectivity index (χ3v) is 4.47. The predicted octanol–water partition coefficient (Wildman–Crippen LogP) is 3.31. The number of halogens is 1. The summed E-state index contributed by atoms with van der Waals surface area (Å²) in [6.07, 6.45) is 9.67. The smallest absolute Gasteiger partial charge is 0.229 e. The number of anilines is 1. The van der Waals surface area contributed by atoms with Gasteiger partial charge in [0.25, 0.3) is 0 Å². The van der Waals surface area contributed by atoms with Crippen molar-refractivity contribution in [1.82, 2.24) is 19.7 Å². The maximum atomic E-state index is 11.3. The van der Waals surface area contributed by atoms with Gasteiger partial charge in [-0.3, -0.25) is 14.7 Å². The largest absolute Gasteiger partial charge is 0.282 e. The first-order valence-corrected chi connectivity index (χ1v) is 10.3. The van der Waals surface area contributed by atoms with Gasteiger partial charge in [-0.2, -0.15) is 5.10 Å². The molecule has 9 heteroatoms. The molecular formula is C17H18ClN5O2S. The third-order valence-electron chi connectivity index (χ3n) is 3.57. The monoisotopic (exact) mass is 391 g/mol. The highest BCUT2D eigenvalue weighted by atomic mass is 35.5. The maximum Gasteiger partial charge on any atom is 0.229 e. The van der Waals surface area contributed by atoms with E-state index in [1.54, 1.807) is 17.1 Å². The Labute approximate surface area is 157 Å². The third kappa shape index (κ3) is 4.39. The molecular weight excluding hydrogens is 374 g/mol. The Morgan fingerprint density at radius 1 is 1.23 bits per heavy atom. The van der Waals surface area contributed by atoms with Crippen molar-refractivity contribution in [2.24, 2.45) is 0 Å². The quantitative estimate of drug-likeness (QED) is 0.696. The van der Waals surface area contributed by atoms with E-state index in [-0.39, 0.29) is 0 Å². The van der Waals surface area contributed by atoms with E-state index in [1.165, 1.54) is 12.3 Å². The van der Waals surface area contributed by atoms with Crippen LogP contribution in [-0.2, 0) is 16.4 Å². The molecule has 0 aliphatic rings. The van der Waals surface area contributed by atoms with Crippen LogP contribution in [0.3, 0.4) is 0 Å². The average Bonchev–Trinajstić information content (AvgIpc) is 3.04. The Morgan fingerprint density at radius 3 is 2.73 bits per heavy atom. The number of nitrogens with zero attached hydrogens (tertiary/aromatic N) is 4. The molecule has 3 rings (SSSR count). The SMILES string of the molecule is CCCc1cc(-n2cc(-c3ncc(NS(C)(=O)=O)cc3Cl)cn2)ccn1. The van der Waals surface area contributed by atoms with Crippen molar-refractivity contribution >= 4 is 27.3 Å². The molecule has 0 spiro atoms. The number of hydrogen-bond acceptors (Lipinski definition) is 5. The molecule has 0 aromatic carbocycles. The maximum absolute atomic E-state index is 11.3. The van der Waals surface area contributed by atoms with Crippen molar-refractivity contribution in [3.8, 4) is 16.9 Å². The molecule has 0 saturated carbocycles. The summed E-state index contributed by atoms with van der Waals surface area (Å²) < 4.78 is 26.7. The van der Waals surface area contributed by atoms with Crippen LogP contribution in [0, 0.1) is 0 Å². The molecule has 0 radical (unpaired) electrons. The summed E-state index contributed by atoms with van der Waals surface area (Å²) in [6.45, 7) is 2.11. The van der Waals surface area contributed by atoms with E-state index >= 15 is 0 Å². The number of rotatable bonds is 6. The minimum atomic E-state index is -3.38. The second-order valence-corrected chi connectivity index (χ2v) is 8.01. The number of nitrogens with one attached hydrogen (secondary N) is 1. The second kappa shape index (κ2) is 7.43. The predicted molar refractivity (Wildman–Crippen MR) is 102 cm³/mol. The molecule has 0 unspecified atom stereocenters. The average molecular weight is 392 g/mol. The Kier molecular flexibility index (Phi) is 5.24. The fourth-order valence-electron chi connectivity index (χ4n) is 2.51. The summed E-state index contributed by atoms with van der Waals surface area (Å²) in [5, 5.41) is 4.70. The van der Waals surface area contributed by atoms with Gasteiger partial charge in [-0.05, 0) is 24.6 Å². The lowest BCUT2D eigenvalue weighted by Gasteiger charge is -2.06. The lowest BCUT2D eigenvalue weighted by molar-refractivity contribution is 0.607. The van der Waals surface area contributed by atoms with Crippen molar-refractivity contribution in [3.63, 3.8) is 0 Å². The van der Waals surface area contributed by atoms with Crippen LogP contribution in [0.5, 0.6) is 0 Å². The summed E-state index contributed by atoms with van der Waals surface area (Å²) in [5.74, 6) is 0. The van der Waals surface area contributed by atoms with E-state index in [2.05, 4.69) is 26.7 Å². The number of aryl methyl sites for hydroxylation is 1. The van der Waals surface area contributed by atoms with Gasteiger partial charge < -0.3 is 0 Å². The molecule has 0 atom stereocenters. The highest BCUT2D eigenvalue weighted by molar-refractivity contribution is 7.92. The summed E-state index contributed by atoms with van der Waals surface area (Å²) in [7, 11) is -3.38. The molecule has 3 heterocycles. The van der Waals surface area contributed by atoms with Crippen molar-refractivity contribution < 1.29 is 8.42 Å². The van der Waals surface area contributed by atoms with Gasteiger partial charge in [-0.25, -0.2) is 13.1 Å². The number of hydrogen-bond donors (Lipinski definition) is 1. The Morgan fingerprint density at radius 2 is 2.04 bits per heavy atom. The molecule has 3 aromatic rings. The number of aromatic nitrogens is 4. The molecule has 0 aliphatic carbocycles. The molecule has 26 heavy (non-hydrogen) atoms. The van der Waals surface area contributed by atoms with Crippen LogP contribution in [0.4, 0.5) is 5.69 Å². The first-order valence-electron chi connectivity index (χ1n) is 7.99. The molecule has 0 aliphatic heterocycles. The van der Waals surface area contributed by atoms with Crippen LogP contribution in [0.15, 0.2) is 43.0 Å². The van der Waals surface area contributed by atoms with Crippen molar-refractivity contribution in [1.29, 1.82) is 0 Å². The lowest BCUT2D eigenvalue weighted by atomic mass is 10.2. The Balaban J connectivity index is 1.89. The summed E-state index contributed by atoms with van der Waals surface area (Å²) >= 11 is 6.27. The standard InChI is InChI=1S/C17H18ClN5O2S/c1-3-4-13-7-15(5-6-19-13)23-11-12(9-21-23)17-16(18)8-14(10-20-17)22-26(2,24)25/h5-11,22H,3-4H2,1-2H3. The molecule has 1 N–H and O–H groups in total. The summed E-state index contributed by atoms with van der Waals surface area (Å²) in [4.78, 5) is 8.60. The minimum Gasteiger partial charge on any atom is -0.282 e. The molecule has 3 aromatic heterocycles. The van der Waals surface area contributed by atoms with E-state index in [1.807, 2.05) is 18.3 Å². The zero-order valence-corrected chi connectivity index (χ0v) is 15.9. The lowest BCUT2D eigenvalue weighted by Crippen LogP contribution is -2.09. The van der Waals surface area contributed by atoms with E-state index in [0.717, 1.165) is 36.0 Å². The molecule has 0 saturated heterocycles. The van der Waals surface area contributed by atoms with Gasteiger partial charge in [0.05, 0.1) is 40.7 Å². The van der Waals surface area contributed by atoms with Crippen LogP contribution in [0.25, 0.3) is 16.9 Å². The number of pyridine rings is 2. The number of sulfonamides is 1. The van der Waals surface area contributed by atoms with Crippen molar-refractivity contribution in [2.45, 2.75) is 19.8 Å². The van der Waals surface area contributed by atoms with Crippen LogP contribution in [0.2, 0.25) is 5.02 Å². The van der Waals surface area contributed by atoms with Crippen LogP contribution >= 0.6 is 11.6 Å². The zero-order valence-electron chi connectivity index (χ0n) is 14.3. The van der Waals surface area contributed by atoms with Gasteiger partial charge in [0.1, 0.15) is 0 Å². The summed E-state index contributed by atoms with van der Waals surface area (Å²) in [5.41, 5.74) is 3.48. The van der Waals surface area contributed by atoms with Gasteiger partial charge in [-0.1, -0.05) is 24.9 Å². The van der Waals surface area contributed by atoms with Crippen molar-refractivity contribution in [3.05, 3.63) is 53.7 Å². The van der Waals surface area contributed by atoms with Gasteiger partial charge >= 0.3 is 0 Å². The molecule has 0 fully saturated rings. The van der Waals surface area contributed by atoms with Crippen LogP contribution < -0.4 is 4.72 Å². The van der Waals surface area contributed by atoms with Crippen LogP contribution in [0.1, 0.15) is 19.0 Å². The first kappa shape index (κ1) is 18.3. The van der Waals surface area contributed by atoms with E-state index in [0.29, 0.717) is 16.4 Å². The van der Waals surface area contributed by atoms with Crippen LogP contribution in [-0.4, -0.2) is 34.4 Å². The van der Waals surface area contributed by atoms with Gasteiger partial charge in [0.2, 0.25) is 10.0 Å². The first-order chi connectivity index (χ1) is 12.4. The molecule has 0 amide bonds. The van der Waals surface area contributed by atoms with Gasteiger partial charge in [0, 0.05) is 23.7 Å². The highest BCUT2D eigenvalue weighted by Gasteiger charge is 2.11. The van der Waals surface area contributed by atoms with Gasteiger partial charge in [-0.15, -0.1) is 0 Å². The Hall–Kier alpha value is -2.45. The zero-order chi connectivity index (χ0) is 18.7. The molecule has 7 nitrogen and oxygen atoms in total.